The summed E-state index contributed by atoms with van der Waals surface area (Å²) in [4.78, 5) is 2.18. The standard InChI is InChI=1S/C26H16ClNO2.C15H12O.C12H6BrClO/c27-17-14-21(26-20-11-5-7-13-24(20)30-25(26)15-17)28(18-8-2-1-3-9-18)22-16-29-23-12-6-4-10-19(22)23;1-2-6-12(7-3-1)10-13-11-16-15-9-5-4-8-14(13)15;13-9-5-7(14)6-11-12(9)8-3-1-2-4-10(8)15-11/h1-16H;1-9,11H,10H2;1-6H. The van der Waals surface area contributed by atoms with E-state index in [0.29, 0.717) is 10.0 Å². The van der Waals surface area contributed by atoms with Crippen molar-refractivity contribution in [1.82, 2.24) is 0 Å². The molecule has 0 unspecified atom stereocenters. The van der Waals surface area contributed by atoms with Crippen molar-refractivity contribution in [2.75, 3.05) is 4.90 Å². The molecule has 12 aromatic rings. The van der Waals surface area contributed by atoms with Crippen LogP contribution in [0.2, 0.25) is 10.0 Å². The first kappa shape index (κ1) is 38.5. The van der Waals surface area contributed by atoms with Gasteiger partial charge in [-0.05, 0) is 76.1 Å². The Kier molecular flexibility index (Phi) is 10.6. The molecule has 61 heavy (non-hydrogen) atoms. The fraction of sp³-hybridized carbons (Fsp3) is 0.0189. The lowest BCUT2D eigenvalue weighted by molar-refractivity contribution is 0.611. The summed E-state index contributed by atoms with van der Waals surface area (Å²) in [6.07, 6.45) is 4.59. The van der Waals surface area contributed by atoms with Crippen LogP contribution in [0.15, 0.2) is 217 Å². The Balaban J connectivity index is 0.000000121. The summed E-state index contributed by atoms with van der Waals surface area (Å²) in [6.45, 7) is 0. The number of benzene rings is 8. The number of rotatable bonds is 5. The Bertz CT molecular complexity index is 3460. The third kappa shape index (κ3) is 7.66. The number of para-hydroxylation sites is 5. The highest BCUT2D eigenvalue weighted by Gasteiger charge is 2.23. The van der Waals surface area contributed by atoms with Crippen LogP contribution in [0.5, 0.6) is 0 Å². The minimum atomic E-state index is 0.616. The second-order valence-corrected chi connectivity index (χ2v) is 16.2. The highest BCUT2D eigenvalue weighted by Crippen LogP contribution is 2.46. The van der Waals surface area contributed by atoms with Crippen molar-refractivity contribution in [3.8, 4) is 0 Å². The molecule has 0 atom stereocenters. The second kappa shape index (κ2) is 16.7. The van der Waals surface area contributed by atoms with Gasteiger partial charge in [0, 0.05) is 71.3 Å². The van der Waals surface area contributed by atoms with Crippen LogP contribution in [0.25, 0.3) is 65.8 Å². The molecule has 5 nitrogen and oxygen atoms in total. The number of halogens is 3. The lowest BCUT2D eigenvalue weighted by Gasteiger charge is -2.25. The van der Waals surface area contributed by atoms with E-state index in [9.17, 15) is 0 Å². The van der Waals surface area contributed by atoms with Crippen LogP contribution >= 0.6 is 39.1 Å². The van der Waals surface area contributed by atoms with Gasteiger partial charge in [-0.1, -0.05) is 138 Å². The molecule has 0 bridgehead atoms. The van der Waals surface area contributed by atoms with E-state index in [4.69, 9.17) is 40.9 Å². The van der Waals surface area contributed by atoms with Crippen LogP contribution in [-0.4, -0.2) is 0 Å². The Labute approximate surface area is 369 Å². The number of hydrogen-bond acceptors (Lipinski definition) is 5. The molecule has 0 aliphatic heterocycles. The van der Waals surface area contributed by atoms with E-state index in [2.05, 4.69) is 75.4 Å². The normalized spacial score (nSPS) is 11.3. The average Bonchev–Trinajstić information content (AvgIpc) is 4.08. The first-order chi connectivity index (χ1) is 30.0. The molecule has 8 heteroatoms. The molecular weight excluding hydrogens is 865 g/mol. The molecule has 0 spiro atoms. The van der Waals surface area contributed by atoms with E-state index in [1.165, 1.54) is 16.5 Å². The zero-order valence-corrected chi connectivity index (χ0v) is 35.5. The Morgan fingerprint density at radius 1 is 0.426 bits per heavy atom. The predicted molar refractivity (Wildman–Crippen MR) is 255 cm³/mol. The van der Waals surface area contributed by atoms with Gasteiger partial charge >= 0.3 is 0 Å². The zero-order valence-electron chi connectivity index (χ0n) is 32.4. The summed E-state index contributed by atoms with van der Waals surface area (Å²) in [7, 11) is 0. The molecular formula is C53H34BrCl2NO4. The van der Waals surface area contributed by atoms with Crippen LogP contribution in [0.4, 0.5) is 17.1 Å². The maximum atomic E-state index is 6.55. The molecule has 0 saturated heterocycles. The fourth-order valence-electron chi connectivity index (χ4n) is 7.86. The van der Waals surface area contributed by atoms with Gasteiger partial charge in [0.15, 0.2) is 0 Å². The van der Waals surface area contributed by atoms with Crippen molar-refractivity contribution in [1.29, 1.82) is 0 Å². The molecule has 0 saturated carbocycles. The largest absolute Gasteiger partial charge is 0.464 e. The van der Waals surface area contributed by atoms with Crippen LogP contribution < -0.4 is 4.90 Å². The Hall–Kier alpha value is -6.70. The molecule has 296 valence electrons. The summed E-state index contributed by atoms with van der Waals surface area (Å²) in [5, 5.41) is 7.79. The summed E-state index contributed by atoms with van der Waals surface area (Å²) in [5.41, 5.74) is 10.6. The molecule has 0 fully saturated rings. The first-order valence-electron chi connectivity index (χ1n) is 19.7. The van der Waals surface area contributed by atoms with Crippen molar-refractivity contribution in [3.63, 3.8) is 0 Å². The molecule has 0 aliphatic rings. The van der Waals surface area contributed by atoms with Gasteiger partial charge in [0.1, 0.15) is 39.8 Å². The highest BCUT2D eigenvalue weighted by molar-refractivity contribution is 9.10. The van der Waals surface area contributed by atoms with Gasteiger partial charge in [-0.2, -0.15) is 0 Å². The quantitative estimate of drug-likeness (QED) is 0.172. The van der Waals surface area contributed by atoms with Crippen LogP contribution in [0, 0.1) is 0 Å². The molecule has 0 amide bonds. The van der Waals surface area contributed by atoms with Gasteiger partial charge < -0.3 is 22.6 Å². The summed E-state index contributed by atoms with van der Waals surface area (Å²) in [5.74, 6) is 0. The fourth-order valence-corrected chi connectivity index (χ4v) is 9.05. The smallest absolute Gasteiger partial charge is 0.139 e. The molecule has 0 N–H and O–H groups in total. The van der Waals surface area contributed by atoms with Gasteiger partial charge in [-0.15, -0.1) is 0 Å². The van der Waals surface area contributed by atoms with E-state index >= 15 is 0 Å². The number of furan rings is 4. The summed E-state index contributed by atoms with van der Waals surface area (Å²) < 4.78 is 24.2. The van der Waals surface area contributed by atoms with Crippen LogP contribution in [0.3, 0.4) is 0 Å². The van der Waals surface area contributed by atoms with Gasteiger partial charge in [0.2, 0.25) is 0 Å². The van der Waals surface area contributed by atoms with E-state index < -0.39 is 0 Å². The van der Waals surface area contributed by atoms with Crippen LogP contribution in [0.1, 0.15) is 11.1 Å². The van der Waals surface area contributed by atoms with E-state index in [0.717, 1.165) is 88.4 Å². The lowest BCUT2D eigenvalue weighted by Crippen LogP contribution is -2.09. The number of hydrogen-bond donors (Lipinski definition) is 0. The van der Waals surface area contributed by atoms with Crippen molar-refractivity contribution < 1.29 is 17.7 Å². The third-order valence-corrected chi connectivity index (χ3v) is 11.6. The molecule has 0 radical (unpaired) electrons. The van der Waals surface area contributed by atoms with Gasteiger partial charge in [0.25, 0.3) is 0 Å². The number of anilines is 3. The Morgan fingerprint density at radius 2 is 0.918 bits per heavy atom. The average molecular weight is 900 g/mol. The van der Waals surface area contributed by atoms with E-state index in [1.807, 2.05) is 134 Å². The van der Waals surface area contributed by atoms with Crippen molar-refractivity contribution in [2.24, 2.45) is 0 Å². The highest BCUT2D eigenvalue weighted by atomic mass is 79.9. The topological polar surface area (TPSA) is 55.8 Å². The number of fused-ring (bicyclic) bond motifs is 8. The minimum absolute atomic E-state index is 0.616. The third-order valence-electron chi connectivity index (χ3n) is 10.6. The van der Waals surface area contributed by atoms with Crippen molar-refractivity contribution in [3.05, 3.63) is 220 Å². The SMILES string of the molecule is Clc1cc(Br)c2c(c1)oc1ccccc12.Clc1cc(N(c2ccccc2)c2coc3ccccc23)c2c(c1)oc1ccccc12.c1ccc(Cc2coc3ccccc23)cc1. The summed E-state index contributed by atoms with van der Waals surface area (Å²) in [6, 6.07) is 60.5. The predicted octanol–water partition coefficient (Wildman–Crippen LogP) is 17.5. The van der Waals surface area contributed by atoms with Crippen molar-refractivity contribution >= 4 is 122 Å². The lowest BCUT2D eigenvalue weighted by atomic mass is 10.0. The molecule has 4 aromatic heterocycles. The van der Waals surface area contributed by atoms with Gasteiger partial charge in [-0.3, -0.25) is 0 Å². The molecule has 4 heterocycles. The van der Waals surface area contributed by atoms with E-state index in [-0.39, 0.29) is 0 Å². The summed E-state index contributed by atoms with van der Waals surface area (Å²) >= 11 is 16.0. The van der Waals surface area contributed by atoms with E-state index in [1.54, 1.807) is 6.26 Å². The zero-order chi connectivity index (χ0) is 41.3. The maximum Gasteiger partial charge on any atom is 0.139 e. The van der Waals surface area contributed by atoms with Gasteiger partial charge in [-0.25, -0.2) is 0 Å². The monoisotopic (exact) mass is 897 g/mol. The Morgan fingerprint density at radius 3 is 1.59 bits per heavy atom. The van der Waals surface area contributed by atoms with Crippen LogP contribution in [-0.2, 0) is 6.42 Å². The second-order valence-electron chi connectivity index (χ2n) is 14.5. The maximum absolute atomic E-state index is 6.55. The van der Waals surface area contributed by atoms with Crippen molar-refractivity contribution in [2.45, 2.75) is 6.42 Å². The molecule has 8 aromatic carbocycles. The molecule has 0 aliphatic carbocycles. The van der Waals surface area contributed by atoms with Gasteiger partial charge in [0.05, 0.1) is 23.0 Å². The molecule has 12 rings (SSSR count). The number of nitrogens with zero attached hydrogens (tertiary/aromatic N) is 1. The first-order valence-corrected chi connectivity index (χ1v) is 21.2. The minimum Gasteiger partial charge on any atom is -0.464 e.